The highest BCUT2D eigenvalue weighted by atomic mass is 33.1. The van der Waals surface area contributed by atoms with Crippen molar-refractivity contribution in [2.24, 2.45) is 0 Å². The van der Waals surface area contributed by atoms with Gasteiger partial charge in [0, 0.05) is 36.3 Å². The number of amides is 1. The summed E-state index contributed by atoms with van der Waals surface area (Å²) in [5.74, 6) is -1.23. The highest BCUT2D eigenvalue weighted by Gasteiger charge is 2.35. The maximum atomic E-state index is 13.0. The minimum absolute atomic E-state index is 0.0358. The van der Waals surface area contributed by atoms with E-state index in [0.717, 1.165) is 18.1 Å². The second kappa shape index (κ2) is 7.87. The fourth-order valence-corrected chi connectivity index (χ4v) is 5.73. The molecule has 0 bridgehead atoms. The van der Waals surface area contributed by atoms with Crippen LogP contribution in [-0.4, -0.2) is 28.9 Å². The molecule has 6 heteroatoms. The highest BCUT2D eigenvalue weighted by molar-refractivity contribution is 8.77. The normalized spacial score (nSPS) is 26.6. The van der Waals surface area contributed by atoms with Gasteiger partial charge in [0.05, 0.1) is 0 Å². The highest BCUT2D eigenvalue weighted by Crippen LogP contribution is 2.39. The lowest BCUT2D eigenvalue weighted by atomic mass is 9.92. The fraction of sp³-hybridized carbons (Fsp3) is 0.929. The van der Waals surface area contributed by atoms with Crippen LogP contribution in [0.3, 0.4) is 0 Å². The third-order valence-corrected chi connectivity index (χ3v) is 7.00. The molecular weight excluding hydrogens is 300 g/mol. The number of carbonyl (C=O) groups excluding carboxylic acids is 1. The Morgan fingerprint density at radius 1 is 1.20 bits per heavy atom. The molecule has 1 saturated carbocycles. The van der Waals surface area contributed by atoms with Gasteiger partial charge in [0.25, 0.3) is 0 Å². The van der Waals surface area contributed by atoms with Crippen molar-refractivity contribution in [2.75, 3.05) is 5.75 Å². The predicted molar refractivity (Wildman–Crippen MR) is 82.3 cm³/mol. The van der Waals surface area contributed by atoms with Gasteiger partial charge in [0.1, 0.15) is 0 Å². The van der Waals surface area contributed by atoms with Crippen molar-refractivity contribution in [1.82, 2.24) is 5.32 Å². The van der Waals surface area contributed by atoms with Crippen LogP contribution in [-0.2, 0) is 4.79 Å². The summed E-state index contributed by atoms with van der Waals surface area (Å²) in [5, 5.41) is 3.67. The van der Waals surface area contributed by atoms with Gasteiger partial charge in [-0.25, -0.2) is 8.78 Å². The van der Waals surface area contributed by atoms with Gasteiger partial charge in [-0.05, 0) is 32.1 Å². The van der Waals surface area contributed by atoms with E-state index in [0.29, 0.717) is 19.3 Å². The van der Waals surface area contributed by atoms with Crippen molar-refractivity contribution >= 4 is 27.5 Å². The van der Waals surface area contributed by atoms with E-state index in [-0.39, 0.29) is 24.8 Å². The molecule has 2 rings (SSSR count). The minimum atomic E-state index is -2.52. The summed E-state index contributed by atoms with van der Waals surface area (Å²) in [7, 11) is 3.92. The molecule has 1 heterocycles. The first-order valence-electron chi connectivity index (χ1n) is 7.51. The van der Waals surface area contributed by atoms with Gasteiger partial charge < -0.3 is 5.32 Å². The summed E-state index contributed by atoms with van der Waals surface area (Å²) >= 11 is 0. The Balaban J connectivity index is 1.52. The Morgan fingerprint density at radius 2 is 1.95 bits per heavy atom. The van der Waals surface area contributed by atoms with Gasteiger partial charge in [-0.2, -0.15) is 0 Å². The summed E-state index contributed by atoms with van der Waals surface area (Å²) in [6.07, 6.45) is 5.67. The molecule has 1 aliphatic carbocycles. The van der Waals surface area contributed by atoms with E-state index >= 15 is 0 Å². The van der Waals surface area contributed by atoms with Gasteiger partial charge >= 0.3 is 0 Å². The topological polar surface area (TPSA) is 29.1 Å². The zero-order valence-electron chi connectivity index (χ0n) is 11.7. The number of hydrogen-bond acceptors (Lipinski definition) is 3. The number of rotatable bonds is 6. The molecule has 20 heavy (non-hydrogen) atoms. The number of hydrogen-bond donors (Lipinski definition) is 1. The van der Waals surface area contributed by atoms with Crippen LogP contribution in [0.2, 0.25) is 0 Å². The van der Waals surface area contributed by atoms with Crippen LogP contribution >= 0.6 is 21.6 Å². The van der Waals surface area contributed by atoms with Crippen molar-refractivity contribution in [3.8, 4) is 0 Å². The zero-order chi connectivity index (χ0) is 14.4. The average Bonchev–Trinajstić information content (AvgIpc) is 2.90. The lowest BCUT2D eigenvalue weighted by Gasteiger charge is -2.28. The molecule has 0 unspecified atom stereocenters. The molecule has 1 N–H and O–H groups in total. The molecule has 1 amide bonds. The number of alkyl halides is 2. The SMILES string of the molecule is O=C(CCCC[C@H]1CCSS1)NC1CCC(F)(F)CC1. The summed E-state index contributed by atoms with van der Waals surface area (Å²) in [6.45, 7) is 0. The average molecular weight is 323 g/mol. The Hall–Kier alpha value is 0.0300. The van der Waals surface area contributed by atoms with Gasteiger partial charge in [-0.1, -0.05) is 28.0 Å². The summed E-state index contributed by atoms with van der Waals surface area (Å²) in [6, 6.07) is -0.0380. The summed E-state index contributed by atoms with van der Waals surface area (Å²) in [4.78, 5) is 11.8. The standard InChI is InChI=1S/C14H23F2NOS2/c15-14(16)8-5-11(6-9-14)17-13(18)4-2-1-3-12-7-10-19-20-12/h11-12H,1-10H2,(H,17,18)/t12-/m0/s1. The maximum Gasteiger partial charge on any atom is 0.248 e. The zero-order valence-corrected chi connectivity index (χ0v) is 13.3. The lowest BCUT2D eigenvalue weighted by Crippen LogP contribution is -2.40. The maximum absolute atomic E-state index is 13.0. The molecule has 2 fully saturated rings. The second-order valence-electron chi connectivity index (χ2n) is 5.77. The van der Waals surface area contributed by atoms with E-state index in [9.17, 15) is 13.6 Å². The smallest absolute Gasteiger partial charge is 0.248 e. The van der Waals surface area contributed by atoms with E-state index in [4.69, 9.17) is 0 Å². The summed E-state index contributed by atoms with van der Waals surface area (Å²) in [5.41, 5.74) is 0. The Kier molecular flexibility index (Phi) is 6.46. The van der Waals surface area contributed by atoms with Gasteiger partial charge in [-0.3, -0.25) is 4.79 Å². The van der Waals surface area contributed by atoms with E-state index in [2.05, 4.69) is 5.32 Å². The van der Waals surface area contributed by atoms with Crippen LogP contribution in [0, 0.1) is 0 Å². The molecule has 116 valence electrons. The van der Waals surface area contributed by atoms with E-state index in [1.54, 1.807) is 0 Å². The third-order valence-electron chi connectivity index (χ3n) is 3.99. The first-order chi connectivity index (χ1) is 9.55. The predicted octanol–water partition coefficient (Wildman–Crippen LogP) is 4.39. The van der Waals surface area contributed by atoms with E-state index in [1.807, 2.05) is 21.6 Å². The first-order valence-corrected chi connectivity index (χ1v) is 9.89. The summed E-state index contributed by atoms with van der Waals surface area (Å²) < 4.78 is 26.0. The lowest BCUT2D eigenvalue weighted by molar-refractivity contribution is -0.123. The number of nitrogens with one attached hydrogen (secondary N) is 1. The molecule has 0 spiro atoms. The number of carbonyl (C=O) groups is 1. The molecule has 0 aromatic heterocycles. The number of unbranched alkanes of at least 4 members (excludes halogenated alkanes) is 1. The fourth-order valence-electron chi connectivity index (χ4n) is 2.71. The van der Waals surface area contributed by atoms with Crippen molar-refractivity contribution in [1.29, 1.82) is 0 Å². The van der Waals surface area contributed by atoms with Gasteiger partial charge in [-0.15, -0.1) is 0 Å². The minimum Gasteiger partial charge on any atom is -0.353 e. The van der Waals surface area contributed by atoms with Gasteiger partial charge in [0.2, 0.25) is 11.8 Å². The van der Waals surface area contributed by atoms with E-state index in [1.165, 1.54) is 18.6 Å². The van der Waals surface area contributed by atoms with Crippen molar-refractivity contribution in [3.05, 3.63) is 0 Å². The molecular formula is C14H23F2NOS2. The monoisotopic (exact) mass is 323 g/mol. The quantitative estimate of drug-likeness (QED) is 0.580. The van der Waals surface area contributed by atoms with Gasteiger partial charge in [0.15, 0.2) is 0 Å². The number of halogens is 2. The Morgan fingerprint density at radius 3 is 2.60 bits per heavy atom. The Bertz CT molecular complexity index is 312. The van der Waals surface area contributed by atoms with Crippen LogP contribution in [0.5, 0.6) is 0 Å². The largest absolute Gasteiger partial charge is 0.353 e. The van der Waals surface area contributed by atoms with Crippen LogP contribution in [0.4, 0.5) is 8.78 Å². The molecule has 0 radical (unpaired) electrons. The van der Waals surface area contributed by atoms with Crippen LogP contribution in [0.25, 0.3) is 0 Å². The molecule has 0 aromatic carbocycles. The molecule has 1 aliphatic heterocycles. The second-order valence-corrected chi connectivity index (χ2v) is 8.56. The molecule has 1 saturated heterocycles. The first kappa shape index (κ1) is 16.4. The van der Waals surface area contributed by atoms with Crippen LogP contribution in [0.1, 0.15) is 57.8 Å². The van der Waals surface area contributed by atoms with Crippen LogP contribution in [0.15, 0.2) is 0 Å². The Labute approximate surface area is 127 Å². The molecule has 1 atom stereocenters. The molecule has 2 nitrogen and oxygen atoms in total. The third kappa shape index (κ3) is 5.80. The van der Waals surface area contributed by atoms with Crippen molar-refractivity contribution in [3.63, 3.8) is 0 Å². The molecule has 0 aromatic rings. The molecule has 2 aliphatic rings. The van der Waals surface area contributed by atoms with E-state index < -0.39 is 5.92 Å². The van der Waals surface area contributed by atoms with Crippen molar-refractivity contribution in [2.45, 2.75) is 75.0 Å². The van der Waals surface area contributed by atoms with Crippen molar-refractivity contribution < 1.29 is 13.6 Å². The van der Waals surface area contributed by atoms with Crippen LogP contribution < -0.4 is 5.32 Å².